The van der Waals surface area contributed by atoms with Gasteiger partial charge in [-0.3, -0.25) is 10.1 Å². The second kappa shape index (κ2) is 5.52. The smallest absolute Gasteiger partial charge is 0.277 e. The summed E-state index contributed by atoms with van der Waals surface area (Å²) in [5, 5.41) is 15.8. The predicted octanol–water partition coefficient (Wildman–Crippen LogP) is 3.36. The molecule has 0 radical (unpaired) electrons. The molecule has 2 aromatic carbocycles. The van der Waals surface area contributed by atoms with Crippen LogP contribution in [0, 0.1) is 10.1 Å². The van der Waals surface area contributed by atoms with Crippen LogP contribution in [0.4, 0.5) is 5.69 Å². The highest BCUT2D eigenvalue weighted by Crippen LogP contribution is 2.32. The summed E-state index contributed by atoms with van der Waals surface area (Å²) in [4.78, 5) is 10.9. The van der Waals surface area contributed by atoms with Crippen LogP contribution in [0.2, 0.25) is 0 Å². The molecule has 0 amide bonds. The molecule has 2 heterocycles. The van der Waals surface area contributed by atoms with E-state index >= 15 is 0 Å². The average Bonchev–Trinajstić information content (AvgIpc) is 2.75. The predicted molar refractivity (Wildman–Crippen MR) is 90.6 cm³/mol. The van der Waals surface area contributed by atoms with Gasteiger partial charge in [0.1, 0.15) is 0 Å². The molecule has 1 N–H and O–H groups in total. The van der Waals surface area contributed by atoms with E-state index in [1.54, 1.807) is 12.1 Å². The summed E-state index contributed by atoms with van der Waals surface area (Å²) < 4.78 is 2.35. The number of para-hydroxylation sites is 1. The number of nitro benzene ring substituents is 1. The first-order chi connectivity index (χ1) is 11.2. The third kappa shape index (κ3) is 2.39. The summed E-state index contributed by atoms with van der Waals surface area (Å²) in [6, 6.07) is 15.2. The number of rotatable bonds is 2. The summed E-state index contributed by atoms with van der Waals surface area (Å²) in [6.07, 6.45) is 1.01. The van der Waals surface area contributed by atoms with Crippen molar-refractivity contribution in [1.29, 1.82) is 0 Å². The molecule has 23 heavy (non-hydrogen) atoms. The van der Waals surface area contributed by atoms with Crippen LogP contribution < -0.4 is 5.32 Å². The number of hydrogen-bond acceptors (Lipinski definition) is 3. The highest BCUT2D eigenvalue weighted by Gasteiger charge is 2.16. The third-order valence-electron chi connectivity index (χ3n) is 4.47. The van der Waals surface area contributed by atoms with Crippen molar-refractivity contribution in [2.45, 2.75) is 13.0 Å². The van der Waals surface area contributed by atoms with Crippen molar-refractivity contribution < 1.29 is 4.92 Å². The van der Waals surface area contributed by atoms with E-state index in [9.17, 15) is 10.1 Å². The van der Waals surface area contributed by atoms with Crippen LogP contribution in [0.15, 0.2) is 48.5 Å². The molecule has 116 valence electrons. The van der Waals surface area contributed by atoms with Gasteiger partial charge in [-0.05, 0) is 29.8 Å². The molecule has 0 fully saturated rings. The summed E-state index contributed by atoms with van der Waals surface area (Å²) in [5.74, 6) is 0. The molecular formula is C18H17N3O2. The molecule has 3 aromatic rings. The van der Waals surface area contributed by atoms with Gasteiger partial charge in [0.15, 0.2) is 0 Å². The molecule has 0 spiro atoms. The molecule has 5 nitrogen and oxygen atoms in total. The highest BCUT2D eigenvalue weighted by atomic mass is 16.6. The summed E-state index contributed by atoms with van der Waals surface area (Å²) >= 11 is 0. The second-order valence-electron chi connectivity index (χ2n) is 5.84. The first kappa shape index (κ1) is 14.0. The molecule has 4 rings (SSSR count). The van der Waals surface area contributed by atoms with Crippen molar-refractivity contribution in [2.75, 3.05) is 13.1 Å². The van der Waals surface area contributed by atoms with Crippen molar-refractivity contribution in [1.82, 2.24) is 9.88 Å². The number of nitrogens with one attached hydrogen (secondary N) is 1. The molecule has 1 aliphatic heterocycles. The van der Waals surface area contributed by atoms with Crippen molar-refractivity contribution in [3.8, 4) is 11.1 Å². The maximum atomic E-state index is 11.3. The van der Waals surface area contributed by atoms with Crippen LogP contribution >= 0.6 is 0 Å². The molecule has 0 saturated heterocycles. The van der Waals surface area contributed by atoms with E-state index in [4.69, 9.17) is 0 Å². The second-order valence-corrected chi connectivity index (χ2v) is 5.84. The molecule has 0 bridgehead atoms. The lowest BCUT2D eigenvalue weighted by Crippen LogP contribution is -2.17. The molecule has 1 aromatic heterocycles. The van der Waals surface area contributed by atoms with Crippen LogP contribution in [0.1, 0.15) is 5.69 Å². The maximum Gasteiger partial charge on any atom is 0.277 e. The number of aromatic nitrogens is 1. The minimum atomic E-state index is -0.319. The zero-order valence-corrected chi connectivity index (χ0v) is 12.7. The largest absolute Gasteiger partial charge is 0.343 e. The lowest BCUT2D eigenvalue weighted by Gasteiger charge is -2.07. The first-order valence-corrected chi connectivity index (χ1v) is 7.81. The van der Waals surface area contributed by atoms with Gasteiger partial charge in [0.25, 0.3) is 5.69 Å². The van der Waals surface area contributed by atoms with Crippen LogP contribution in [0.25, 0.3) is 22.0 Å². The zero-order valence-electron chi connectivity index (χ0n) is 12.7. The number of hydrogen-bond donors (Lipinski definition) is 1. The van der Waals surface area contributed by atoms with Crippen LogP contribution in [-0.2, 0) is 13.0 Å². The summed E-state index contributed by atoms with van der Waals surface area (Å²) in [5.41, 5.74) is 4.23. The monoisotopic (exact) mass is 307 g/mol. The third-order valence-corrected chi connectivity index (χ3v) is 4.47. The standard InChI is InChI=1S/C18H17N3O2/c22-21(23)18-4-2-1-3-16(18)13-5-6-17-14(11-13)12-15-7-8-19-9-10-20(15)17/h1-6,11-12,19H,7-10H2. The zero-order chi connectivity index (χ0) is 15.8. The number of nitro groups is 1. The lowest BCUT2D eigenvalue weighted by atomic mass is 10.0. The minimum absolute atomic E-state index is 0.150. The fraction of sp³-hybridized carbons (Fsp3) is 0.222. The Hall–Kier alpha value is -2.66. The molecular weight excluding hydrogens is 290 g/mol. The Morgan fingerprint density at radius 2 is 1.96 bits per heavy atom. The molecule has 5 heteroatoms. The fourth-order valence-corrected chi connectivity index (χ4v) is 3.38. The maximum absolute atomic E-state index is 11.3. The first-order valence-electron chi connectivity index (χ1n) is 7.81. The van der Waals surface area contributed by atoms with E-state index in [0.29, 0.717) is 5.56 Å². The van der Waals surface area contributed by atoms with Crippen molar-refractivity contribution in [3.05, 3.63) is 64.3 Å². The van der Waals surface area contributed by atoms with Crippen LogP contribution in [-0.4, -0.2) is 22.6 Å². The Bertz CT molecular complexity index is 898. The Balaban J connectivity index is 1.86. The van der Waals surface area contributed by atoms with E-state index < -0.39 is 0 Å². The minimum Gasteiger partial charge on any atom is -0.343 e. The van der Waals surface area contributed by atoms with Crippen molar-refractivity contribution in [2.24, 2.45) is 0 Å². The van der Waals surface area contributed by atoms with E-state index in [0.717, 1.165) is 37.0 Å². The SMILES string of the molecule is O=[N+]([O-])c1ccccc1-c1ccc2c(c1)cc1n2CCNCC1. The van der Waals surface area contributed by atoms with Gasteiger partial charge in [-0.15, -0.1) is 0 Å². The number of nitrogens with zero attached hydrogens (tertiary/aromatic N) is 2. The summed E-state index contributed by atoms with van der Waals surface area (Å²) in [6.45, 7) is 2.93. The Morgan fingerprint density at radius 3 is 2.83 bits per heavy atom. The summed E-state index contributed by atoms with van der Waals surface area (Å²) in [7, 11) is 0. The number of fused-ring (bicyclic) bond motifs is 3. The van der Waals surface area contributed by atoms with Crippen LogP contribution in [0.3, 0.4) is 0 Å². The lowest BCUT2D eigenvalue weighted by molar-refractivity contribution is -0.384. The van der Waals surface area contributed by atoms with Gasteiger partial charge < -0.3 is 9.88 Å². The quantitative estimate of drug-likeness (QED) is 0.583. The van der Waals surface area contributed by atoms with Gasteiger partial charge in [0.05, 0.1) is 10.5 Å². The van der Waals surface area contributed by atoms with Gasteiger partial charge in [-0.25, -0.2) is 0 Å². The van der Waals surface area contributed by atoms with Gasteiger partial charge in [0.2, 0.25) is 0 Å². The van der Waals surface area contributed by atoms with Gasteiger partial charge in [-0.2, -0.15) is 0 Å². The van der Waals surface area contributed by atoms with E-state index in [1.807, 2.05) is 18.2 Å². The van der Waals surface area contributed by atoms with Gasteiger partial charge in [-0.1, -0.05) is 18.2 Å². The number of benzene rings is 2. The van der Waals surface area contributed by atoms with E-state index in [1.165, 1.54) is 11.2 Å². The van der Waals surface area contributed by atoms with E-state index in [2.05, 4.69) is 28.1 Å². The Kier molecular flexibility index (Phi) is 3.35. The molecule has 1 aliphatic rings. The highest BCUT2D eigenvalue weighted by molar-refractivity contribution is 5.88. The Labute approximate surface area is 133 Å². The molecule has 0 unspecified atom stereocenters. The molecule has 0 atom stereocenters. The Morgan fingerprint density at radius 1 is 1.09 bits per heavy atom. The average molecular weight is 307 g/mol. The van der Waals surface area contributed by atoms with Crippen molar-refractivity contribution in [3.63, 3.8) is 0 Å². The van der Waals surface area contributed by atoms with Crippen LogP contribution in [0.5, 0.6) is 0 Å². The van der Waals surface area contributed by atoms with Gasteiger partial charge in [0, 0.05) is 48.7 Å². The van der Waals surface area contributed by atoms with Crippen molar-refractivity contribution >= 4 is 16.6 Å². The molecule has 0 saturated carbocycles. The topological polar surface area (TPSA) is 60.1 Å². The normalized spacial score (nSPS) is 14.4. The van der Waals surface area contributed by atoms with E-state index in [-0.39, 0.29) is 10.6 Å². The fourth-order valence-electron chi connectivity index (χ4n) is 3.38. The molecule has 0 aliphatic carbocycles. The van der Waals surface area contributed by atoms with Gasteiger partial charge >= 0.3 is 0 Å².